The van der Waals surface area contributed by atoms with Crippen LogP contribution >= 0.6 is 0 Å². The number of amidine groups is 1. The number of anilines is 2. The van der Waals surface area contributed by atoms with Gasteiger partial charge in [0.2, 0.25) is 0 Å². The lowest BCUT2D eigenvalue weighted by Crippen LogP contribution is -2.61. The number of carboxylic acids is 2. The Bertz CT molecular complexity index is 1310. The predicted molar refractivity (Wildman–Crippen MR) is 135 cm³/mol. The van der Waals surface area contributed by atoms with Gasteiger partial charge in [-0.1, -0.05) is 12.1 Å². The van der Waals surface area contributed by atoms with Crippen LogP contribution in [0.3, 0.4) is 0 Å². The van der Waals surface area contributed by atoms with Gasteiger partial charge in [-0.15, -0.1) is 0 Å². The number of hydrogen-bond donors (Lipinski definition) is 6. The van der Waals surface area contributed by atoms with Gasteiger partial charge in [0.15, 0.2) is 0 Å². The maximum atomic E-state index is 13.1. The van der Waals surface area contributed by atoms with Gasteiger partial charge >= 0.3 is 5.97 Å². The summed E-state index contributed by atoms with van der Waals surface area (Å²) in [6.45, 7) is 2.62. The number of carbonyl (C=O) groups excluding carboxylic acids is 3. The molecule has 0 spiro atoms. The van der Waals surface area contributed by atoms with E-state index >= 15 is 0 Å². The van der Waals surface area contributed by atoms with E-state index in [1.807, 2.05) is 0 Å². The van der Waals surface area contributed by atoms with Crippen LogP contribution in [-0.4, -0.2) is 68.8 Å². The van der Waals surface area contributed by atoms with Crippen LogP contribution in [-0.2, 0) is 19.2 Å². The lowest BCUT2D eigenvalue weighted by Gasteiger charge is -2.37. The summed E-state index contributed by atoms with van der Waals surface area (Å²) < 4.78 is 5.77. The van der Waals surface area contributed by atoms with Crippen LogP contribution in [0.1, 0.15) is 42.6 Å². The van der Waals surface area contributed by atoms with Crippen molar-refractivity contribution in [3.05, 3.63) is 53.6 Å². The standard InChI is InChI=1S/C23H23N5O6.C2H4O2/c1-23(22(33)28-10-2-3-16(28)20(30)31)21(32)27-15-11-14(8-9-17(15)34-23)26-19(29)13-6-4-12(5-7-13)18(24)25;1-2(3)4/h4-9,11,16H,2-3,10H2,1H3,(H3,24,25)(H,26,29)(H,27,32)(H,30,31);1H3,(H,3,4)/t16-,23+;/m0./s1. The number of fused-ring (bicyclic) bond motifs is 1. The number of carboxylic acid groups (broad SMARTS) is 2. The smallest absolute Gasteiger partial charge is 0.326 e. The van der Waals surface area contributed by atoms with E-state index in [-0.39, 0.29) is 23.8 Å². The molecule has 0 saturated carbocycles. The first kappa shape index (κ1) is 27.6. The van der Waals surface area contributed by atoms with Crippen molar-refractivity contribution in [1.82, 2.24) is 4.90 Å². The van der Waals surface area contributed by atoms with Gasteiger partial charge in [-0.25, -0.2) is 4.79 Å². The van der Waals surface area contributed by atoms with Crippen LogP contribution in [0.15, 0.2) is 42.5 Å². The molecule has 13 heteroatoms. The maximum absolute atomic E-state index is 13.1. The summed E-state index contributed by atoms with van der Waals surface area (Å²) in [5, 5.41) is 29.5. The maximum Gasteiger partial charge on any atom is 0.326 e. The van der Waals surface area contributed by atoms with Gasteiger partial charge in [0.1, 0.15) is 17.6 Å². The molecule has 13 nitrogen and oxygen atoms in total. The van der Waals surface area contributed by atoms with Gasteiger partial charge in [-0.3, -0.25) is 24.6 Å². The zero-order valence-electron chi connectivity index (χ0n) is 20.6. The van der Waals surface area contributed by atoms with Gasteiger partial charge in [-0.2, -0.15) is 0 Å². The largest absolute Gasteiger partial charge is 0.481 e. The zero-order chi connectivity index (χ0) is 28.2. The van der Waals surface area contributed by atoms with E-state index in [9.17, 15) is 24.3 Å². The SMILES string of the molecule is CC(=O)O.C[C@@]1(C(=O)N2CCC[C@H]2C(=O)O)Oc2ccc(NC(=O)c3ccc(C(=N)N)cc3)cc2NC1=O. The van der Waals surface area contributed by atoms with Gasteiger partial charge < -0.3 is 36.2 Å². The molecule has 2 aromatic carbocycles. The first-order chi connectivity index (χ1) is 17.8. The van der Waals surface area contributed by atoms with E-state index < -0.39 is 41.3 Å². The zero-order valence-corrected chi connectivity index (χ0v) is 20.6. The fourth-order valence-corrected chi connectivity index (χ4v) is 3.99. The Labute approximate surface area is 217 Å². The number of nitrogens with zero attached hydrogens (tertiary/aromatic N) is 1. The first-order valence-corrected chi connectivity index (χ1v) is 11.5. The molecule has 2 atom stereocenters. The molecule has 38 heavy (non-hydrogen) atoms. The highest BCUT2D eigenvalue weighted by Gasteiger charge is 2.52. The Hall–Kier alpha value is -4.94. The summed E-state index contributed by atoms with van der Waals surface area (Å²) in [5.74, 6) is -3.71. The molecule has 2 aliphatic rings. The highest BCUT2D eigenvalue weighted by Crippen LogP contribution is 2.37. The van der Waals surface area contributed by atoms with Crippen molar-refractivity contribution in [2.45, 2.75) is 38.3 Å². The minimum Gasteiger partial charge on any atom is -0.481 e. The lowest BCUT2D eigenvalue weighted by atomic mass is 10.00. The number of hydrogen-bond acceptors (Lipinski definition) is 7. The molecule has 0 bridgehead atoms. The molecule has 4 rings (SSSR count). The number of nitrogens with two attached hydrogens (primary N) is 1. The Morgan fingerprint density at radius 1 is 1.13 bits per heavy atom. The molecule has 2 heterocycles. The second kappa shape index (κ2) is 11.0. The molecule has 7 N–H and O–H groups in total. The number of aliphatic carboxylic acids is 2. The minimum absolute atomic E-state index is 0.105. The number of likely N-dealkylation sites (tertiary alicyclic amines) is 1. The van der Waals surface area contributed by atoms with E-state index in [1.165, 1.54) is 36.1 Å². The molecule has 0 aliphatic carbocycles. The number of ether oxygens (including phenoxy) is 1. The second-order valence-electron chi connectivity index (χ2n) is 8.76. The van der Waals surface area contributed by atoms with Gasteiger partial charge in [0, 0.05) is 30.3 Å². The Balaban J connectivity index is 0.000000934. The fourth-order valence-electron chi connectivity index (χ4n) is 3.99. The summed E-state index contributed by atoms with van der Waals surface area (Å²) >= 11 is 0. The highest BCUT2D eigenvalue weighted by molar-refractivity contribution is 6.16. The molecule has 0 radical (unpaired) electrons. The first-order valence-electron chi connectivity index (χ1n) is 11.5. The van der Waals surface area contributed by atoms with Crippen LogP contribution in [0.5, 0.6) is 5.75 Å². The molecule has 200 valence electrons. The van der Waals surface area contributed by atoms with E-state index in [4.69, 9.17) is 25.8 Å². The predicted octanol–water partition coefficient (Wildman–Crippen LogP) is 1.48. The van der Waals surface area contributed by atoms with Gasteiger partial charge in [0.05, 0.1) is 5.69 Å². The molecule has 1 saturated heterocycles. The average molecular weight is 526 g/mol. The van der Waals surface area contributed by atoms with Crippen molar-refractivity contribution in [2.75, 3.05) is 17.2 Å². The van der Waals surface area contributed by atoms with E-state index in [2.05, 4.69) is 10.6 Å². The van der Waals surface area contributed by atoms with Gasteiger partial charge in [0.25, 0.3) is 29.3 Å². The highest BCUT2D eigenvalue weighted by atomic mass is 16.5. The summed E-state index contributed by atoms with van der Waals surface area (Å²) in [6, 6.07) is 9.76. The van der Waals surface area contributed by atoms with Crippen molar-refractivity contribution < 1.29 is 38.9 Å². The third-order valence-electron chi connectivity index (χ3n) is 5.90. The van der Waals surface area contributed by atoms with Crippen molar-refractivity contribution in [3.63, 3.8) is 0 Å². The van der Waals surface area contributed by atoms with Gasteiger partial charge in [-0.05, 0) is 50.1 Å². The van der Waals surface area contributed by atoms with Crippen molar-refractivity contribution >= 4 is 46.9 Å². The Morgan fingerprint density at radius 3 is 2.32 bits per heavy atom. The van der Waals surface area contributed by atoms with Crippen molar-refractivity contribution in [3.8, 4) is 5.75 Å². The number of nitrogen functional groups attached to an aromatic ring is 1. The number of amides is 3. The molecule has 2 aromatic rings. The summed E-state index contributed by atoms with van der Waals surface area (Å²) in [5.41, 5.74) is 4.97. The molecular formula is C25H27N5O8. The second-order valence-corrected chi connectivity index (χ2v) is 8.76. The Morgan fingerprint density at radius 2 is 1.74 bits per heavy atom. The monoisotopic (exact) mass is 525 g/mol. The van der Waals surface area contributed by atoms with Crippen molar-refractivity contribution in [1.29, 1.82) is 5.41 Å². The van der Waals surface area contributed by atoms with Crippen LogP contribution in [0.25, 0.3) is 0 Å². The number of rotatable bonds is 5. The van der Waals surface area contributed by atoms with E-state index in [1.54, 1.807) is 18.2 Å². The normalized spacial score (nSPS) is 19.6. The summed E-state index contributed by atoms with van der Waals surface area (Å²) in [7, 11) is 0. The van der Waals surface area contributed by atoms with Crippen LogP contribution in [0, 0.1) is 5.41 Å². The molecule has 1 fully saturated rings. The number of nitrogens with one attached hydrogen (secondary N) is 3. The van der Waals surface area contributed by atoms with Crippen molar-refractivity contribution in [2.24, 2.45) is 5.73 Å². The average Bonchev–Trinajstić information content (AvgIpc) is 3.34. The van der Waals surface area contributed by atoms with Crippen LogP contribution < -0.4 is 21.1 Å². The third-order valence-corrected chi connectivity index (χ3v) is 5.90. The molecule has 0 unspecified atom stereocenters. The Kier molecular flexibility index (Phi) is 7.99. The topological polar surface area (TPSA) is 212 Å². The fraction of sp³-hybridized carbons (Fsp3) is 0.280. The van der Waals surface area contributed by atoms with Crippen LogP contribution in [0.4, 0.5) is 11.4 Å². The molecule has 2 aliphatic heterocycles. The third kappa shape index (κ3) is 5.88. The number of benzene rings is 2. The summed E-state index contributed by atoms with van der Waals surface area (Å²) in [6.07, 6.45) is 0.841. The summed E-state index contributed by atoms with van der Waals surface area (Å²) in [4.78, 5) is 60.1. The van der Waals surface area contributed by atoms with E-state index in [0.29, 0.717) is 29.7 Å². The van der Waals surface area contributed by atoms with E-state index in [0.717, 1.165) is 6.92 Å². The minimum atomic E-state index is -1.92. The van der Waals surface area contributed by atoms with Crippen LogP contribution in [0.2, 0.25) is 0 Å². The molecule has 3 amide bonds. The quantitative estimate of drug-likeness (QED) is 0.189. The molecular weight excluding hydrogens is 498 g/mol. The number of carbonyl (C=O) groups is 5. The molecule has 0 aromatic heterocycles. The lowest BCUT2D eigenvalue weighted by molar-refractivity contribution is -0.160.